The third-order valence-electron chi connectivity index (χ3n) is 1.91. The summed E-state index contributed by atoms with van der Waals surface area (Å²) >= 11 is 0. The molecule has 0 atom stereocenters. The van der Waals surface area contributed by atoms with Crippen LogP contribution in [0.1, 0.15) is 45.4 Å². The van der Waals surface area contributed by atoms with Gasteiger partial charge in [0.2, 0.25) is 0 Å². The maximum atomic E-state index is 11.7. The minimum absolute atomic E-state index is 0.192. The van der Waals surface area contributed by atoms with Crippen LogP contribution in [0.4, 0.5) is 13.2 Å². The van der Waals surface area contributed by atoms with Gasteiger partial charge in [0.1, 0.15) is 0 Å². The molecule has 0 rings (SSSR count). The molecule has 15 heavy (non-hydrogen) atoms. The fraction of sp³-hybridized carbons (Fsp3) is 0.900. The zero-order valence-electron chi connectivity index (χ0n) is 8.90. The van der Waals surface area contributed by atoms with E-state index >= 15 is 0 Å². The average molecular weight is 226 g/mol. The van der Waals surface area contributed by atoms with Crippen LogP contribution in [0.3, 0.4) is 0 Å². The number of alkyl halides is 3. The molecule has 5 heteroatoms. The maximum Gasteiger partial charge on any atom is 0.389 e. The van der Waals surface area contributed by atoms with Crippen molar-refractivity contribution >= 4 is 5.97 Å². The molecule has 0 spiro atoms. The second-order valence-electron chi connectivity index (χ2n) is 3.47. The SMILES string of the molecule is CC(=O)OCCCCCCCC(F)(F)F. The highest BCUT2D eigenvalue weighted by Crippen LogP contribution is 2.22. The molecule has 0 fully saturated rings. The lowest BCUT2D eigenvalue weighted by atomic mass is 10.1. The van der Waals surface area contributed by atoms with Gasteiger partial charge in [-0.15, -0.1) is 0 Å². The first-order chi connectivity index (χ1) is 6.92. The molecule has 0 saturated heterocycles. The van der Waals surface area contributed by atoms with Crippen LogP contribution in [0.2, 0.25) is 0 Å². The first kappa shape index (κ1) is 14.3. The van der Waals surface area contributed by atoms with Crippen LogP contribution in [0.25, 0.3) is 0 Å². The Bertz CT molecular complexity index is 178. The summed E-state index contributed by atoms with van der Waals surface area (Å²) in [6.45, 7) is 1.71. The Labute approximate surface area is 87.8 Å². The molecule has 0 unspecified atom stereocenters. The molecule has 90 valence electrons. The smallest absolute Gasteiger partial charge is 0.389 e. The number of hydrogen-bond acceptors (Lipinski definition) is 2. The second kappa shape index (κ2) is 7.54. The van der Waals surface area contributed by atoms with E-state index in [9.17, 15) is 18.0 Å². The predicted molar refractivity (Wildman–Crippen MR) is 50.4 cm³/mol. The molecule has 0 N–H and O–H groups in total. The highest BCUT2D eigenvalue weighted by Gasteiger charge is 2.25. The van der Waals surface area contributed by atoms with Crippen molar-refractivity contribution in [3.05, 3.63) is 0 Å². The first-order valence-corrected chi connectivity index (χ1v) is 5.12. The number of rotatable bonds is 7. The van der Waals surface area contributed by atoms with Gasteiger partial charge in [0, 0.05) is 13.3 Å². The van der Waals surface area contributed by atoms with Crippen LogP contribution < -0.4 is 0 Å². The molecule has 0 bridgehead atoms. The van der Waals surface area contributed by atoms with Gasteiger partial charge in [0.25, 0.3) is 0 Å². The number of carbonyl (C=O) groups excluding carboxylic acids is 1. The molecule has 0 aliphatic carbocycles. The van der Waals surface area contributed by atoms with Crippen LogP contribution in [-0.2, 0) is 9.53 Å². The fourth-order valence-corrected chi connectivity index (χ4v) is 1.17. The highest BCUT2D eigenvalue weighted by molar-refractivity contribution is 5.65. The summed E-state index contributed by atoms with van der Waals surface area (Å²) in [5.74, 6) is -0.313. The number of hydrogen-bond donors (Lipinski definition) is 0. The van der Waals surface area contributed by atoms with Gasteiger partial charge in [0.05, 0.1) is 6.61 Å². The van der Waals surface area contributed by atoms with E-state index in [1.165, 1.54) is 6.92 Å². The predicted octanol–water partition coefficient (Wildman–Crippen LogP) is 3.45. The van der Waals surface area contributed by atoms with Crippen LogP contribution in [0.15, 0.2) is 0 Å². The third kappa shape index (κ3) is 13.3. The summed E-state index contributed by atoms with van der Waals surface area (Å²) in [5, 5.41) is 0. The van der Waals surface area contributed by atoms with Crippen molar-refractivity contribution in [1.29, 1.82) is 0 Å². The molecule has 2 nitrogen and oxygen atoms in total. The highest BCUT2D eigenvalue weighted by atomic mass is 19.4. The van der Waals surface area contributed by atoms with Gasteiger partial charge in [-0.3, -0.25) is 4.79 Å². The molecule has 0 aliphatic rings. The lowest BCUT2D eigenvalue weighted by molar-refractivity contribution is -0.141. The summed E-state index contributed by atoms with van der Waals surface area (Å²) in [5.41, 5.74) is 0. The van der Waals surface area contributed by atoms with E-state index in [1.807, 2.05) is 0 Å². The van der Waals surface area contributed by atoms with Crippen molar-refractivity contribution in [2.24, 2.45) is 0 Å². The van der Waals surface area contributed by atoms with E-state index in [0.717, 1.165) is 19.3 Å². The van der Waals surface area contributed by atoms with Gasteiger partial charge in [0.15, 0.2) is 0 Å². The summed E-state index contributed by atoms with van der Waals surface area (Å²) in [4.78, 5) is 10.3. The average Bonchev–Trinajstić information content (AvgIpc) is 2.07. The van der Waals surface area contributed by atoms with Gasteiger partial charge in [-0.2, -0.15) is 13.2 Å². The molecule has 0 aromatic heterocycles. The molecule has 0 aromatic rings. The van der Waals surface area contributed by atoms with Gasteiger partial charge < -0.3 is 4.74 Å². The van der Waals surface area contributed by atoms with E-state index in [-0.39, 0.29) is 12.4 Å². The van der Waals surface area contributed by atoms with Crippen molar-refractivity contribution in [3.8, 4) is 0 Å². The fourth-order valence-electron chi connectivity index (χ4n) is 1.17. The van der Waals surface area contributed by atoms with Crippen molar-refractivity contribution in [2.45, 2.75) is 51.6 Å². The maximum absolute atomic E-state index is 11.7. The third-order valence-corrected chi connectivity index (χ3v) is 1.91. The van der Waals surface area contributed by atoms with Crippen LogP contribution in [0.5, 0.6) is 0 Å². The number of halogens is 3. The molecular weight excluding hydrogens is 209 g/mol. The van der Waals surface area contributed by atoms with Crippen LogP contribution in [0, 0.1) is 0 Å². The molecule has 0 saturated carbocycles. The summed E-state index contributed by atoms with van der Waals surface area (Å²) in [6, 6.07) is 0. The quantitative estimate of drug-likeness (QED) is 0.491. The van der Waals surface area contributed by atoms with Gasteiger partial charge >= 0.3 is 12.1 Å². The van der Waals surface area contributed by atoms with E-state index in [1.54, 1.807) is 0 Å². The minimum Gasteiger partial charge on any atom is -0.466 e. The molecule has 0 amide bonds. The monoisotopic (exact) mass is 226 g/mol. The topological polar surface area (TPSA) is 26.3 Å². The number of unbranched alkanes of at least 4 members (excludes halogenated alkanes) is 4. The Morgan fingerprint density at radius 3 is 2.13 bits per heavy atom. The van der Waals surface area contributed by atoms with E-state index in [0.29, 0.717) is 13.0 Å². The van der Waals surface area contributed by atoms with Crippen LogP contribution in [-0.4, -0.2) is 18.8 Å². The summed E-state index contributed by atoms with van der Waals surface area (Å²) in [6.07, 6.45) is -1.65. The van der Waals surface area contributed by atoms with Crippen LogP contribution >= 0.6 is 0 Å². The number of esters is 1. The molecule has 0 aliphatic heterocycles. The van der Waals surface area contributed by atoms with Crippen molar-refractivity contribution in [2.75, 3.05) is 6.61 Å². The van der Waals surface area contributed by atoms with E-state index in [2.05, 4.69) is 4.74 Å². The first-order valence-electron chi connectivity index (χ1n) is 5.12. The summed E-state index contributed by atoms with van der Waals surface area (Å²) in [7, 11) is 0. The Morgan fingerprint density at radius 1 is 1.07 bits per heavy atom. The van der Waals surface area contributed by atoms with Gasteiger partial charge in [-0.25, -0.2) is 0 Å². The van der Waals surface area contributed by atoms with Gasteiger partial charge in [-0.1, -0.05) is 19.3 Å². The Kier molecular flexibility index (Phi) is 7.17. The lowest BCUT2D eigenvalue weighted by Gasteiger charge is -2.05. The zero-order valence-corrected chi connectivity index (χ0v) is 8.90. The Hall–Kier alpha value is -0.740. The standard InChI is InChI=1S/C10H17F3O2/c1-9(14)15-8-6-4-2-3-5-7-10(11,12)13/h2-8H2,1H3. The van der Waals surface area contributed by atoms with Crippen molar-refractivity contribution < 1.29 is 22.7 Å². The molecule has 0 aromatic carbocycles. The summed E-state index contributed by atoms with van der Waals surface area (Å²) < 4.78 is 39.8. The Morgan fingerprint density at radius 2 is 1.60 bits per heavy atom. The molecular formula is C10H17F3O2. The Balaban J connectivity index is 3.09. The largest absolute Gasteiger partial charge is 0.466 e. The zero-order chi connectivity index (χ0) is 11.7. The lowest BCUT2D eigenvalue weighted by Crippen LogP contribution is -2.06. The molecule has 0 heterocycles. The van der Waals surface area contributed by atoms with E-state index < -0.39 is 12.6 Å². The van der Waals surface area contributed by atoms with Gasteiger partial charge in [-0.05, 0) is 12.8 Å². The minimum atomic E-state index is -4.03. The number of ether oxygens (including phenoxy) is 1. The van der Waals surface area contributed by atoms with E-state index in [4.69, 9.17) is 0 Å². The second-order valence-corrected chi connectivity index (χ2v) is 3.47. The number of carbonyl (C=O) groups is 1. The molecule has 0 radical (unpaired) electrons. The van der Waals surface area contributed by atoms with Crippen molar-refractivity contribution in [1.82, 2.24) is 0 Å². The normalized spacial score (nSPS) is 11.5. The van der Waals surface area contributed by atoms with Crippen molar-refractivity contribution in [3.63, 3.8) is 0 Å².